The van der Waals surface area contributed by atoms with Gasteiger partial charge in [-0.15, -0.1) is 0 Å². The topological polar surface area (TPSA) is 71.1 Å². The first-order chi connectivity index (χ1) is 17.3. The number of carbonyl (C=O) groups is 2. The van der Waals surface area contributed by atoms with Gasteiger partial charge in [-0.3, -0.25) is 0 Å². The highest BCUT2D eigenvalue weighted by Gasteiger charge is 2.57. The molecule has 0 saturated carbocycles. The van der Waals surface area contributed by atoms with Crippen LogP contribution in [0.5, 0.6) is 0 Å². The zero-order valence-electron chi connectivity index (χ0n) is 20.9. The zero-order valence-corrected chi connectivity index (χ0v) is 21.8. The van der Waals surface area contributed by atoms with E-state index in [9.17, 15) is 9.59 Å². The number of ether oxygens (including phenoxy) is 2. The van der Waals surface area contributed by atoms with Crippen LogP contribution in [0.15, 0.2) is 91.0 Å². The summed E-state index contributed by atoms with van der Waals surface area (Å²) in [5, 5.41) is -0.928. The van der Waals surface area contributed by atoms with Gasteiger partial charge in [0.25, 0.3) is 0 Å². The van der Waals surface area contributed by atoms with Crippen molar-refractivity contribution in [2.45, 2.75) is 57.3 Å². The molecule has 0 spiro atoms. The maximum Gasteiger partial charge on any atom is 0.339 e. The molecule has 1 saturated heterocycles. The average Bonchev–Trinajstić information content (AvgIpc) is 3.32. The van der Waals surface area contributed by atoms with Crippen molar-refractivity contribution >= 4 is 20.3 Å². The van der Waals surface area contributed by atoms with Crippen molar-refractivity contribution in [2.24, 2.45) is 0 Å². The minimum atomic E-state index is -1.92. The highest BCUT2D eigenvalue weighted by molar-refractivity contribution is 7.49. The lowest BCUT2D eigenvalue weighted by Gasteiger charge is -2.38. The van der Waals surface area contributed by atoms with Crippen molar-refractivity contribution in [3.8, 4) is 0 Å². The summed E-state index contributed by atoms with van der Waals surface area (Å²) in [6, 6.07) is 29.6. The number of hydrogen-bond acceptors (Lipinski definition) is 6. The average molecular weight is 507 g/mol. The van der Waals surface area contributed by atoms with Crippen molar-refractivity contribution in [1.29, 1.82) is 0 Å². The van der Waals surface area contributed by atoms with Crippen molar-refractivity contribution in [3.05, 3.63) is 108 Å². The monoisotopic (exact) mass is 506 g/mol. The summed E-state index contributed by atoms with van der Waals surface area (Å²) in [5.74, 6) is -1.30. The van der Waals surface area contributed by atoms with Crippen LogP contribution in [0.3, 0.4) is 0 Å². The molecule has 3 aromatic carbocycles. The summed E-state index contributed by atoms with van der Waals surface area (Å²) in [7, 11) is -1.92. The number of esters is 2. The van der Waals surface area contributed by atoms with Gasteiger partial charge in [0.05, 0.1) is 12.2 Å². The summed E-state index contributed by atoms with van der Waals surface area (Å²) in [4.78, 5) is 26.2. The minimum absolute atomic E-state index is 0.378. The van der Waals surface area contributed by atoms with Crippen LogP contribution < -0.4 is 0 Å². The summed E-state index contributed by atoms with van der Waals surface area (Å²) >= 11 is 0. The SMILES string of the molecule is CC(C)OC(=O)C1OP(C(c2ccccc2)(c2ccccc2)c2ccccc2)OC1C(=O)OC(C)C. The predicted octanol–water partition coefficient (Wildman–Crippen LogP) is 5.98. The van der Waals surface area contributed by atoms with Gasteiger partial charge in [0, 0.05) is 0 Å². The zero-order chi connectivity index (χ0) is 25.7. The Kier molecular flexibility index (Phi) is 8.20. The van der Waals surface area contributed by atoms with E-state index < -0.39 is 37.7 Å². The number of carbonyl (C=O) groups excluding carboxylic acids is 2. The van der Waals surface area contributed by atoms with Crippen LogP contribution in [0.4, 0.5) is 0 Å². The van der Waals surface area contributed by atoms with Gasteiger partial charge in [-0.2, -0.15) is 0 Å². The molecule has 188 valence electrons. The third-order valence-electron chi connectivity index (χ3n) is 5.71. The van der Waals surface area contributed by atoms with Crippen molar-refractivity contribution in [1.82, 2.24) is 0 Å². The Balaban J connectivity index is 1.90. The fourth-order valence-electron chi connectivity index (χ4n) is 4.29. The molecule has 1 aliphatic heterocycles. The summed E-state index contributed by atoms with van der Waals surface area (Å²) in [6.45, 7) is 7.00. The second-order valence-corrected chi connectivity index (χ2v) is 10.7. The lowest BCUT2D eigenvalue weighted by molar-refractivity contribution is -0.167. The Labute approximate surface area is 213 Å². The van der Waals surface area contributed by atoms with Crippen LogP contribution in [-0.4, -0.2) is 36.4 Å². The molecule has 1 heterocycles. The van der Waals surface area contributed by atoms with Gasteiger partial charge in [-0.25, -0.2) is 9.59 Å². The van der Waals surface area contributed by atoms with E-state index in [-0.39, 0.29) is 12.2 Å². The van der Waals surface area contributed by atoms with Crippen LogP contribution in [0.2, 0.25) is 0 Å². The Morgan fingerprint density at radius 3 is 1.22 bits per heavy atom. The minimum Gasteiger partial charge on any atom is -0.461 e. The summed E-state index contributed by atoms with van der Waals surface area (Å²) in [6.07, 6.45) is -3.26. The second-order valence-electron chi connectivity index (χ2n) is 9.09. The third-order valence-corrected chi connectivity index (χ3v) is 7.87. The van der Waals surface area contributed by atoms with E-state index in [0.29, 0.717) is 0 Å². The fraction of sp³-hybridized carbons (Fsp3) is 0.310. The lowest BCUT2D eigenvalue weighted by Crippen LogP contribution is -2.40. The Hall–Kier alpha value is -3.05. The van der Waals surface area contributed by atoms with E-state index in [1.807, 2.05) is 91.0 Å². The first-order valence-corrected chi connectivity index (χ1v) is 13.2. The van der Waals surface area contributed by atoms with Gasteiger partial charge < -0.3 is 18.5 Å². The maximum atomic E-state index is 13.1. The lowest BCUT2D eigenvalue weighted by atomic mass is 9.84. The molecular formula is C29H31O6P. The molecule has 3 aromatic rings. The molecule has 1 aliphatic rings. The van der Waals surface area contributed by atoms with Crippen LogP contribution in [-0.2, 0) is 33.3 Å². The molecule has 4 rings (SSSR count). The first-order valence-electron chi connectivity index (χ1n) is 12.1. The third kappa shape index (κ3) is 5.22. The summed E-state index contributed by atoms with van der Waals surface area (Å²) in [5.41, 5.74) is 2.76. The summed E-state index contributed by atoms with van der Waals surface area (Å²) < 4.78 is 23.8. The van der Waals surface area contributed by atoms with Crippen LogP contribution in [0, 0.1) is 0 Å². The maximum absolute atomic E-state index is 13.1. The first kappa shape index (κ1) is 26.0. The second kappa shape index (κ2) is 11.3. The van der Waals surface area contributed by atoms with Crippen LogP contribution in [0.25, 0.3) is 0 Å². The van der Waals surface area contributed by atoms with Gasteiger partial charge >= 0.3 is 11.9 Å². The van der Waals surface area contributed by atoms with E-state index in [1.54, 1.807) is 27.7 Å². The Bertz CT molecular complexity index is 1020. The molecule has 2 unspecified atom stereocenters. The molecular weight excluding hydrogens is 475 g/mol. The van der Waals surface area contributed by atoms with Gasteiger partial charge in [0.1, 0.15) is 5.16 Å². The van der Waals surface area contributed by atoms with E-state index in [4.69, 9.17) is 18.5 Å². The highest BCUT2D eigenvalue weighted by atomic mass is 31.2. The molecule has 0 amide bonds. The Morgan fingerprint density at radius 2 is 0.944 bits per heavy atom. The van der Waals surface area contributed by atoms with Crippen LogP contribution >= 0.6 is 8.38 Å². The smallest absolute Gasteiger partial charge is 0.339 e. The van der Waals surface area contributed by atoms with Gasteiger partial charge in [-0.1, -0.05) is 91.0 Å². The molecule has 7 heteroatoms. The molecule has 0 aliphatic carbocycles. The van der Waals surface area contributed by atoms with Crippen LogP contribution in [0.1, 0.15) is 44.4 Å². The fourth-order valence-corrected chi connectivity index (χ4v) is 6.54. The van der Waals surface area contributed by atoms with Crippen molar-refractivity contribution in [3.63, 3.8) is 0 Å². The normalized spacial score (nSPS) is 19.9. The predicted molar refractivity (Wildman–Crippen MR) is 138 cm³/mol. The van der Waals surface area contributed by atoms with Gasteiger partial charge in [0.15, 0.2) is 20.6 Å². The molecule has 0 radical (unpaired) electrons. The van der Waals surface area contributed by atoms with E-state index in [2.05, 4.69) is 0 Å². The quantitative estimate of drug-likeness (QED) is 0.213. The highest BCUT2D eigenvalue weighted by Crippen LogP contribution is 2.68. The Morgan fingerprint density at radius 1 is 0.639 bits per heavy atom. The van der Waals surface area contributed by atoms with Crippen molar-refractivity contribution < 1.29 is 28.1 Å². The standard InChI is InChI=1S/C29H31O6P/c1-20(2)32-27(30)25-26(28(31)33-21(3)4)35-36(34-25)29(22-14-8-5-9-15-22,23-16-10-6-11-17-23)24-18-12-7-13-19-24/h5-21,25-26H,1-4H3. The van der Waals surface area contributed by atoms with E-state index in [0.717, 1.165) is 16.7 Å². The van der Waals surface area contributed by atoms with E-state index >= 15 is 0 Å². The van der Waals surface area contributed by atoms with Gasteiger partial charge in [0.2, 0.25) is 0 Å². The van der Waals surface area contributed by atoms with Gasteiger partial charge in [-0.05, 0) is 44.4 Å². The molecule has 2 atom stereocenters. The molecule has 1 fully saturated rings. The molecule has 0 N–H and O–H groups in total. The molecule has 36 heavy (non-hydrogen) atoms. The molecule has 0 bridgehead atoms. The molecule has 0 aromatic heterocycles. The number of hydrogen-bond donors (Lipinski definition) is 0. The van der Waals surface area contributed by atoms with Crippen molar-refractivity contribution in [2.75, 3.05) is 0 Å². The largest absolute Gasteiger partial charge is 0.461 e. The number of rotatable bonds is 8. The van der Waals surface area contributed by atoms with E-state index in [1.165, 1.54) is 0 Å². The molecule has 6 nitrogen and oxygen atoms in total. The number of benzene rings is 3.